The Kier molecular flexibility index (Phi) is 14.9. The molecular weight excluding hydrogens is 449 g/mol. The number of hydrogen-bond acceptors (Lipinski definition) is 0. The molecule has 0 N–H and O–H groups in total. The normalized spacial score (nSPS) is 10.5. The van der Waals surface area contributed by atoms with Gasteiger partial charge in [0.2, 0.25) is 0 Å². The van der Waals surface area contributed by atoms with Gasteiger partial charge in [-0.05, 0) is 0 Å². The van der Waals surface area contributed by atoms with E-state index in [0.29, 0.717) is 0 Å². The molecule has 1 aromatic heterocycles. The fourth-order valence-electron chi connectivity index (χ4n) is 3.08. The summed E-state index contributed by atoms with van der Waals surface area (Å²) in [7, 11) is 0. The minimum absolute atomic E-state index is 0. The topological polar surface area (TPSA) is 3.88 Å². The molecule has 0 aliphatic carbocycles. The van der Waals surface area contributed by atoms with Crippen LogP contribution in [0, 0.1) is 0 Å². The number of halogens is 1. The molecule has 0 saturated heterocycles. The van der Waals surface area contributed by atoms with Crippen molar-refractivity contribution in [2.24, 2.45) is 0 Å². The van der Waals surface area contributed by atoms with E-state index in [-0.39, 0.29) is 17.0 Å². The van der Waals surface area contributed by atoms with Gasteiger partial charge in [-0.1, -0.05) is 6.07 Å². The van der Waals surface area contributed by atoms with Crippen LogP contribution in [-0.4, -0.2) is 15.0 Å². The molecule has 0 spiro atoms. The molecule has 1 aromatic carbocycles. The molecule has 26 heavy (non-hydrogen) atoms. The zero-order chi connectivity index (χ0) is 17.4. The van der Waals surface area contributed by atoms with Crippen LogP contribution < -0.4 is 21.5 Å². The molecule has 2 rings (SSSR count). The first-order valence-corrected chi connectivity index (χ1v) is 12.4. The van der Waals surface area contributed by atoms with E-state index in [9.17, 15) is 0 Å². The van der Waals surface area contributed by atoms with E-state index < -0.39 is 0 Å². The van der Waals surface area contributed by atoms with Gasteiger partial charge in [0.1, 0.15) is 0 Å². The van der Waals surface area contributed by atoms with Crippen molar-refractivity contribution in [1.29, 1.82) is 0 Å². The van der Waals surface area contributed by atoms with E-state index in [1.54, 1.807) is 0 Å². The molecule has 0 bridgehead atoms. The molecule has 0 atom stereocenters. The van der Waals surface area contributed by atoms with E-state index in [2.05, 4.69) is 65.5 Å². The molecule has 0 aliphatic rings. The molecular formula is C23H34BrNSe. The molecule has 0 fully saturated rings. The molecule has 1 heterocycles. The van der Waals surface area contributed by atoms with Gasteiger partial charge < -0.3 is 17.0 Å². The Morgan fingerprint density at radius 2 is 1.15 bits per heavy atom. The van der Waals surface area contributed by atoms with Gasteiger partial charge in [-0.25, -0.2) is 0 Å². The van der Waals surface area contributed by atoms with E-state index in [1.165, 1.54) is 80.5 Å². The molecule has 1 nitrogen and oxygen atoms in total. The number of benzene rings is 1. The number of aryl methyl sites for hydroxylation is 1. The van der Waals surface area contributed by atoms with E-state index in [0.717, 1.165) is 15.0 Å². The third kappa shape index (κ3) is 11.9. The quantitative estimate of drug-likeness (QED) is 0.221. The number of hydrogen-bond donors (Lipinski definition) is 0. The molecule has 0 saturated carbocycles. The number of unbranched alkanes of at least 4 members (excludes halogenated alkanes) is 8. The maximum atomic E-state index is 2.29. The fraction of sp³-hybridized carbons (Fsp3) is 0.522. The predicted molar refractivity (Wildman–Crippen MR) is 109 cm³/mol. The average Bonchev–Trinajstić information content (AvgIpc) is 2.67. The molecule has 2 aromatic rings. The molecule has 144 valence electrons. The van der Waals surface area contributed by atoms with Crippen molar-refractivity contribution in [2.45, 2.75) is 75.0 Å². The summed E-state index contributed by atoms with van der Waals surface area (Å²) in [5.74, 6) is 0. The Bertz CT molecular complexity index is 483. The summed E-state index contributed by atoms with van der Waals surface area (Å²) in [6.07, 6.45) is 17.1. The molecule has 0 amide bonds. The SMILES string of the molecule is [Br-].c1ccc(C[Se]CCCCCCCCCCC[n+]2ccccc2)cc1. The van der Waals surface area contributed by atoms with E-state index >= 15 is 0 Å². The summed E-state index contributed by atoms with van der Waals surface area (Å²) in [6.45, 7) is 1.17. The van der Waals surface area contributed by atoms with Crippen molar-refractivity contribution in [3.8, 4) is 0 Å². The summed E-state index contributed by atoms with van der Waals surface area (Å²) >= 11 is 0.804. The monoisotopic (exact) mass is 483 g/mol. The Morgan fingerprint density at radius 3 is 1.81 bits per heavy atom. The van der Waals surface area contributed by atoms with Crippen molar-refractivity contribution in [3.05, 3.63) is 66.5 Å². The van der Waals surface area contributed by atoms with Crippen molar-refractivity contribution in [3.63, 3.8) is 0 Å². The van der Waals surface area contributed by atoms with Gasteiger partial charge >= 0.3 is 130 Å². The van der Waals surface area contributed by atoms with E-state index in [1.807, 2.05) is 0 Å². The van der Waals surface area contributed by atoms with Gasteiger partial charge in [-0.3, -0.25) is 0 Å². The van der Waals surface area contributed by atoms with Gasteiger partial charge in [-0.15, -0.1) is 0 Å². The maximum absolute atomic E-state index is 2.29. The van der Waals surface area contributed by atoms with Crippen LogP contribution in [0.25, 0.3) is 0 Å². The summed E-state index contributed by atoms with van der Waals surface area (Å²) in [5.41, 5.74) is 1.52. The second kappa shape index (κ2) is 16.5. The van der Waals surface area contributed by atoms with Crippen LogP contribution in [-0.2, 0) is 11.9 Å². The van der Waals surface area contributed by atoms with Crippen molar-refractivity contribution in [2.75, 3.05) is 0 Å². The number of nitrogens with zero attached hydrogens (tertiary/aromatic N) is 1. The zero-order valence-electron chi connectivity index (χ0n) is 16.0. The first-order chi connectivity index (χ1) is 12.4. The van der Waals surface area contributed by atoms with Crippen molar-refractivity contribution < 1.29 is 21.5 Å². The second-order valence-corrected chi connectivity index (χ2v) is 9.15. The third-order valence-corrected chi connectivity index (χ3v) is 6.93. The Labute approximate surface area is 177 Å². The Morgan fingerprint density at radius 1 is 0.615 bits per heavy atom. The molecule has 0 unspecified atom stereocenters. The van der Waals surface area contributed by atoms with Crippen LogP contribution >= 0.6 is 0 Å². The van der Waals surface area contributed by atoms with Gasteiger partial charge in [0.25, 0.3) is 0 Å². The van der Waals surface area contributed by atoms with E-state index in [4.69, 9.17) is 0 Å². The Balaban J connectivity index is 0.00000338. The molecule has 0 aliphatic heterocycles. The number of pyridine rings is 1. The minimum atomic E-state index is 0. The van der Waals surface area contributed by atoms with Crippen molar-refractivity contribution >= 4 is 15.0 Å². The Hall–Kier alpha value is -0.631. The second-order valence-electron chi connectivity index (χ2n) is 6.83. The van der Waals surface area contributed by atoms with Gasteiger partial charge in [-0.2, -0.15) is 0 Å². The van der Waals surface area contributed by atoms with Gasteiger partial charge in [0.15, 0.2) is 12.4 Å². The van der Waals surface area contributed by atoms with Crippen molar-refractivity contribution in [1.82, 2.24) is 0 Å². The fourth-order valence-corrected chi connectivity index (χ4v) is 5.14. The van der Waals surface area contributed by atoms with Gasteiger partial charge in [0, 0.05) is 12.1 Å². The first-order valence-electron chi connectivity index (χ1n) is 10.0. The standard InChI is InChI=1S/C23H34NSe.BrH/c1(2-4-6-12-18-24-19-13-9-14-20-24)3-5-7-15-21-25-22-23-16-10-8-11-17-23;/h8-11,13-14,16-17,19-20H,1-7,12,15,18,21-22H2;1H/q+1;/p-1. The van der Waals surface area contributed by atoms with Crippen LogP contribution in [0.1, 0.15) is 63.4 Å². The number of aromatic nitrogens is 1. The first kappa shape index (κ1) is 23.4. The van der Waals surface area contributed by atoms with Crippen LogP contribution in [0.5, 0.6) is 0 Å². The van der Waals surface area contributed by atoms with Crippen LogP contribution in [0.15, 0.2) is 60.9 Å². The predicted octanol–water partition coefficient (Wildman–Crippen LogP) is 2.81. The summed E-state index contributed by atoms with van der Waals surface area (Å²) in [4.78, 5) is 0. The average molecular weight is 483 g/mol. The summed E-state index contributed by atoms with van der Waals surface area (Å²) in [6, 6.07) is 17.3. The van der Waals surface area contributed by atoms with Crippen LogP contribution in [0.2, 0.25) is 5.32 Å². The third-order valence-electron chi connectivity index (χ3n) is 4.59. The molecule has 3 heteroatoms. The number of rotatable bonds is 14. The molecule has 0 radical (unpaired) electrons. The van der Waals surface area contributed by atoms with Crippen LogP contribution in [0.3, 0.4) is 0 Å². The summed E-state index contributed by atoms with van der Waals surface area (Å²) < 4.78 is 2.29. The summed E-state index contributed by atoms with van der Waals surface area (Å²) in [5, 5.41) is 2.77. The van der Waals surface area contributed by atoms with Gasteiger partial charge in [0.05, 0.1) is 0 Å². The van der Waals surface area contributed by atoms with Crippen LogP contribution in [0.4, 0.5) is 0 Å². The zero-order valence-corrected chi connectivity index (χ0v) is 19.3.